The van der Waals surface area contributed by atoms with Crippen molar-refractivity contribution in [2.45, 2.75) is 33.1 Å². The molecule has 19 heavy (non-hydrogen) atoms. The molecule has 0 aliphatic rings. The Morgan fingerprint density at radius 3 is 2.68 bits per heavy atom. The van der Waals surface area contributed by atoms with E-state index >= 15 is 0 Å². The molecule has 0 radical (unpaired) electrons. The summed E-state index contributed by atoms with van der Waals surface area (Å²) < 4.78 is 14.5. The van der Waals surface area contributed by atoms with Gasteiger partial charge < -0.3 is 5.32 Å². The molecule has 102 valence electrons. The summed E-state index contributed by atoms with van der Waals surface area (Å²) in [5.41, 5.74) is 2.96. The molecule has 1 heterocycles. The smallest absolute Gasteiger partial charge is 0.125 e. The molecule has 2 rings (SSSR count). The fourth-order valence-electron chi connectivity index (χ4n) is 2.10. The van der Waals surface area contributed by atoms with Crippen molar-refractivity contribution in [3.63, 3.8) is 0 Å². The third-order valence-electron chi connectivity index (χ3n) is 2.96. The first kappa shape index (κ1) is 14.5. The van der Waals surface area contributed by atoms with Crippen LogP contribution in [-0.4, -0.2) is 11.5 Å². The molecule has 0 amide bonds. The van der Waals surface area contributed by atoms with Gasteiger partial charge in [0.05, 0.1) is 5.52 Å². The molecule has 1 N–H and O–H groups in total. The summed E-state index contributed by atoms with van der Waals surface area (Å²) in [6.07, 6.45) is 3.05. The molecule has 0 unspecified atom stereocenters. The van der Waals surface area contributed by atoms with Crippen molar-refractivity contribution in [3.05, 3.63) is 33.3 Å². The standard InChI is InChI=1S/C15H18FIN2/c1-3-5-11-9-14(18-6-4-2)12-7-10(16)8-13(17)15(12)19-11/h7-9H,3-6H2,1-2H3,(H,18,19). The second kappa shape index (κ2) is 6.50. The largest absolute Gasteiger partial charge is 0.384 e. The first-order valence-electron chi connectivity index (χ1n) is 6.68. The van der Waals surface area contributed by atoms with Crippen LogP contribution >= 0.6 is 22.6 Å². The number of anilines is 1. The maximum atomic E-state index is 13.6. The van der Waals surface area contributed by atoms with E-state index in [1.807, 2.05) is 0 Å². The fraction of sp³-hybridized carbons (Fsp3) is 0.400. The molecular weight excluding hydrogens is 354 g/mol. The minimum absolute atomic E-state index is 0.207. The summed E-state index contributed by atoms with van der Waals surface area (Å²) in [5, 5.41) is 4.25. The van der Waals surface area contributed by atoms with E-state index in [1.54, 1.807) is 6.07 Å². The van der Waals surface area contributed by atoms with Gasteiger partial charge in [0, 0.05) is 26.9 Å². The van der Waals surface area contributed by atoms with Gasteiger partial charge in [-0.1, -0.05) is 20.3 Å². The predicted octanol–water partition coefficient (Wildman–Crippen LogP) is 4.75. The number of aromatic nitrogens is 1. The van der Waals surface area contributed by atoms with Crippen molar-refractivity contribution < 1.29 is 4.39 Å². The molecule has 0 aliphatic heterocycles. The number of halogens is 2. The molecule has 2 nitrogen and oxygen atoms in total. The van der Waals surface area contributed by atoms with E-state index in [9.17, 15) is 4.39 Å². The van der Waals surface area contributed by atoms with Gasteiger partial charge in [0.25, 0.3) is 0 Å². The van der Waals surface area contributed by atoms with Gasteiger partial charge >= 0.3 is 0 Å². The van der Waals surface area contributed by atoms with Crippen LogP contribution < -0.4 is 5.32 Å². The zero-order chi connectivity index (χ0) is 13.8. The third kappa shape index (κ3) is 3.35. The van der Waals surface area contributed by atoms with E-state index in [1.165, 1.54) is 6.07 Å². The molecule has 1 aromatic heterocycles. The lowest BCUT2D eigenvalue weighted by Gasteiger charge is -2.12. The monoisotopic (exact) mass is 372 g/mol. The minimum Gasteiger partial charge on any atom is -0.384 e. The molecule has 0 bridgehead atoms. The number of nitrogens with one attached hydrogen (secondary N) is 1. The van der Waals surface area contributed by atoms with Crippen molar-refractivity contribution in [2.24, 2.45) is 0 Å². The summed E-state index contributed by atoms with van der Waals surface area (Å²) in [4.78, 5) is 4.66. The van der Waals surface area contributed by atoms with E-state index in [2.05, 4.69) is 52.8 Å². The predicted molar refractivity (Wildman–Crippen MR) is 87.2 cm³/mol. The van der Waals surface area contributed by atoms with Crippen molar-refractivity contribution in [1.82, 2.24) is 4.98 Å². The number of benzene rings is 1. The topological polar surface area (TPSA) is 24.9 Å². The first-order chi connectivity index (χ1) is 9.15. The van der Waals surface area contributed by atoms with Crippen molar-refractivity contribution in [2.75, 3.05) is 11.9 Å². The molecular formula is C15H18FIN2. The number of rotatable bonds is 5. The zero-order valence-electron chi connectivity index (χ0n) is 11.3. The van der Waals surface area contributed by atoms with Crippen LogP contribution in [0.25, 0.3) is 10.9 Å². The molecule has 2 aromatic rings. The van der Waals surface area contributed by atoms with Crippen LogP contribution in [0.2, 0.25) is 0 Å². The van der Waals surface area contributed by atoms with Crippen molar-refractivity contribution >= 4 is 39.2 Å². The lowest BCUT2D eigenvalue weighted by atomic mass is 10.1. The number of hydrogen-bond donors (Lipinski definition) is 1. The highest BCUT2D eigenvalue weighted by Gasteiger charge is 2.10. The minimum atomic E-state index is -0.207. The second-order valence-electron chi connectivity index (χ2n) is 4.62. The number of aryl methyl sites for hydroxylation is 1. The van der Waals surface area contributed by atoms with Crippen LogP contribution in [0.1, 0.15) is 32.4 Å². The van der Waals surface area contributed by atoms with E-state index in [0.29, 0.717) is 0 Å². The number of pyridine rings is 1. The third-order valence-corrected chi connectivity index (χ3v) is 3.78. The zero-order valence-corrected chi connectivity index (χ0v) is 13.4. The van der Waals surface area contributed by atoms with Gasteiger partial charge in [-0.2, -0.15) is 0 Å². The van der Waals surface area contributed by atoms with Crippen LogP contribution in [0.4, 0.5) is 10.1 Å². The van der Waals surface area contributed by atoms with Crippen molar-refractivity contribution in [1.29, 1.82) is 0 Å². The van der Waals surface area contributed by atoms with E-state index < -0.39 is 0 Å². The van der Waals surface area contributed by atoms with Crippen LogP contribution in [0, 0.1) is 9.39 Å². The Balaban J connectivity index is 2.60. The molecule has 0 atom stereocenters. The van der Waals surface area contributed by atoms with Crippen LogP contribution in [0.15, 0.2) is 18.2 Å². The Kier molecular flexibility index (Phi) is 4.96. The van der Waals surface area contributed by atoms with E-state index in [0.717, 1.165) is 51.7 Å². The Labute approximate surface area is 126 Å². The van der Waals surface area contributed by atoms with Crippen LogP contribution in [0.5, 0.6) is 0 Å². The number of hydrogen-bond acceptors (Lipinski definition) is 2. The van der Waals surface area contributed by atoms with E-state index in [4.69, 9.17) is 0 Å². The Bertz CT molecular complexity index is 584. The number of fused-ring (bicyclic) bond motifs is 1. The van der Waals surface area contributed by atoms with Gasteiger partial charge in [0.15, 0.2) is 0 Å². The maximum absolute atomic E-state index is 13.6. The second-order valence-corrected chi connectivity index (χ2v) is 5.78. The normalized spacial score (nSPS) is 10.9. The van der Waals surface area contributed by atoms with Crippen molar-refractivity contribution in [3.8, 4) is 0 Å². The fourth-order valence-corrected chi connectivity index (χ4v) is 2.80. The average molecular weight is 372 g/mol. The lowest BCUT2D eigenvalue weighted by molar-refractivity contribution is 0.628. The average Bonchev–Trinajstić information content (AvgIpc) is 2.37. The Morgan fingerprint density at radius 2 is 2.00 bits per heavy atom. The number of nitrogens with zero attached hydrogens (tertiary/aromatic N) is 1. The van der Waals surface area contributed by atoms with Gasteiger partial charge in [-0.3, -0.25) is 4.98 Å². The summed E-state index contributed by atoms with van der Waals surface area (Å²) in [7, 11) is 0. The van der Waals surface area contributed by atoms with Crippen LogP contribution in [-0.2, 0) is 6.42 Å². The molecule has 0 saturated heterocycles. The molecule has 0 spiro atoms. The van der Waals surface area contributed by atoms with Gasteiger partial charge in [0.2, 0.25) is 0 Å². The summed E-state index contributed by atoms with van der Waals surface area (Å²) in [6.45, 7) is 5.14. The van der Waals surface area contributed by atoms with Crippen LogP contribution in [0.3, 0.4) is 0 Å². The highest BCUT2D eigenvalue weighted by atomic mass is 127. The maximum Gasteiger partial charge on any atom is 0.125 e. The van der Waals surface area contributed by atoms with Gasteiger partial charge in [-0.25, -0.2) is 4.39 Å². The Morgan fingerprint density at radius 1 is 1.21 bits per heavy atom. The van der Waals surface area contributed by atoms with Gasteiger partial charge in [-0.15, -0.1) is 0 Å². The molecule has 0 fully saturated rings. The Hall–Kier alpha value is -0.910. The molecule has 0 aliphatic carbocycles. The van der Waals surface area contributed by atoms with E-state index in [-0.39, 0.29) is 5.82 Å². The summed E-state index contributed by atoms with van der Waals surface area (Å²) in [6, 6.07) is 5.16. The SMILES string of the molecule is CCCNc1cc(CCC)nc2c(I)cc(F)cc12. The summed E-state index contributed by atoms with van der Waals surface area (Å²) in [5.74, 6) is -0.207. The molecule has 0 saturated carbocycles. The summed E-state index contributed by atoms with van der Waals surface area (Å²) >= 11 is 2.15. The molecule has 4 heteroatoms. The van der Waals surface area contributed by atoms with Gasteiger partial charge in [0.1, 0.15) is 5.82 Å². The highest BCUT2D eigenvalue weighted by Crippen LogP contribution is 2.28. The lowest BCUT2D eigenvalue weighted by Crippen LogP contribution is -2.03. The molecule has 1 aromatic carbocycles. The van der Waals surface area contributed by atoms with Gasteiger partial charge in [-0.05, 0) is 53.6 Å². The highest BCUT2D eigenvalue weighted by molar-refractivity contribution is 14.1. The first-order valence-corrected chi connectivity index (χ1v) is 7.76. The quantitative estimate of drug-likeness (QED) is 0.766.